The lowest BCUT2D eigenvalue weighted by Gasteiger charge is -2.11. The maximum Gasteiger partial charge on any atom is 0.343 e. The molecule has 256 valence electrons. The average molecular weight is 677 g/mol. The topological polar surface area (TPSA) is 124 Å². The third-order valence-corrected chi connectivity index (χ3v) is 7.81. The second-order valence-corrected chi connectivity index (χ2v) is 11.2. The van der Waals surface area contributed by atoms with E-state index in [4.69, 9.17) is 28.4 Å². The van der Waals surface area contributed by atoms with E-state index in [0.29, 0.717) is 60.2 Å². The van der Waals surface area contributed by atoms with Gasteiger partial charge in [0.05, 0.1) is 37.6 Å². The standard InChI is InChI=1S/C40H36O10/c1-4-37(41)47-22-6-20-45-29-12-8-27(9-13-29)39(43)49-31-16-18-33-34-19-17-32(25-36(34)26(3)35(33)24-31)50-40(44)28-10-14-30(15-11-28)46-21-7-23-48-38(42)5-2/h4-5,8-19,24-26H,1-2,6-7,20-23H2,3H3. The summed E-state index contributed by atoms with van der Waals surface area (Å²) in [6.45, 7) is 9.88. The molecule has 4 aromatic carbocycles. The molecular formula is C40H36O10. The van der Waals surface area contributed by atoms with Crippen LogP contribution in [0.25, 0.3) is 11.1 Å². The molecule has 0 heterocycles. The number of benzene rings is 4. The lowest BCUT2D eigenvalue weighted by Crippen LogP contribution is -2.09. The van der Waals surface area contributed by atoms with Crippen molar-refractivity contribution in [1.82, 2.24) is 0 Å². The Labute approximate surface area is 289 Å². The number of hydrogen-bond acceptors (Lipinski definition) is 10. The van der Waals surface area contributed by atoms with E-state index < -0.39 is 23.9 Å². The van der Waals surface area contributed by atoms with E-state index in [1.807, 2.05) is 31.2 Å². The number of esters is 4. The number of rotatable bonds is 16. The lowest BCUT2D eigenvalue weighted by molar-refractivity contribution is -0.138. The van der Waals surface area contributed by atoms with Gasteiger partial charge in [-0.2, -0.15) is 0 Å². The van der Waals surface area contributed by atoms with E-state index in [1.165, 1.54) is 0 Å². The van der Waals surface area contributed by atoms with Crippen molar-refractivity contribution in [2.45, 2.75) is 25.7 Å². The van der Waals surface area contributed by atoms with Crippen LogP contribution in [0.2, 0.25) is 0 Å². The molecule has 10 nitrogen and oxygen atoms in total. The van der Waals surface area contributed by atoms with E-state index in [2.05, 4.69) is 13.2 Å². The molecule has 0 unspecified atom stereocenters. The van der Waals surface area contributed by atoms with Crippen LogP contribution >= 0.6 is 0 Å². The van der Waals surface area contributed by atoms with Gasteiger partial charge in [-0.1, -0.05) is 32.2 Å². The molecular weight excluding hydrogens is 640 g/mol. The van der Waals surface area contributed by atoms with E-state index >= 15 is 0 Å². The van der Waals surface area contributed by atoms with E-state index in [9.17, 15) is 19.2 Å². The molecule has 0 amide bonds. The molecule has 0 radical (unpaired) electrons. The van der Waals surface area contributed by atoms with Crippen LogP contribution in [-0.4, -0.2) is 50.3 Å². The first kappa shape index (κ1) is 35.2. The summed E-state index contributed by atoms with van der Waals surface area (Å²) in [4.78, 5) is 48.0. The molecule has 5 rings (SSSR count). The third kappa shape index (κ3) is 9.04. The second kappa shape index (κ2) is 16.8. The maximum atomic E-state index is 12.9. The first-order chi connectivity index (χ1) is 24.2. The monoisotopic (exact) mass is 676 g/mol. The second-order valence-electron chi connectivity index (χ2n) is 11.2. The van der Waals surface area contributed by atoms with Crippen molar-refractivity contribution in [1.29, 1.82) is 0 Å². The van der Waals surface area contributed by atoms with Crippen molar-refractivity contribution in [3.8, 4) is 34.1 Å². The Balaban J connectivity index is 1.13. The number of fused-ring (bicyclic) bond motifs is 3. The Bertz CT molecular complexity index is 1740. The highest BCUT2D eigenvalue weighted by Gasteiger charge is 2.27. The Morgan fingerprint density at radius 2 is 0.940 bits per heavy atom. The molecule has 10 heteroatoms. The summed E-state index contributed by atoms with van der Waals surface area (Å²) in [7, 11) is 0. The average Bonchev–Trinajstić information content (AvgIpc) is 3.41. The maximum absolute atomic E-state index is 12.9. The lowest BCUT2D eigenvalue weighted by atomic mass is 9.99. The number of carbonyl (C=O) groups excluding carboxylic acids is 4. The largest absolute Gasteiger partial charge is 0.493 e. The van der Waals surface area contributed by atoms with Crippen molar-refractivity contribution < 1.29 is 47.6 Å². The molecule has 0 saturated carbocycles. The zero-order valence-electron chi connectivity index (χ0n) is 27.6. The fourth-order valence-electron chi connectivity index (χ4n) is 5.25. The van der Waals surface area contributed by atoms with Gasteiger partial charge in [0.2, 0.25) is 0 Å². The van der Waals surface area contributed by atoms with Gasteiger partial charge < -0.3 is 28.4 Å². The number of ether oxygens (including phenoxy) is 6. The molecule has 0 saturated heterocycles. The van der Waals surface area contributed by atoms with Gasteiger partial charge in [0, 0.05) is 30.9 Å². The third-order valence-electron chi connectivity index (χ3n) is 7.81. The van der Waals surface area contributed by atoms with Crippen LogP contribution in [0.15, 0.2) is 110 Å². The number of hydrogen-bond donors (Lipinski definition) is 0. The fraction of sp³-hybridized carbons (Fsp3) is 0.200. The highest BCUT2D eigenvalue weighted by atomic mass is 16.5. The van der Waals surface area contributed by atoms with Gasteiger partial charge in [0.25, 0.3) is 0 Å². The van der Waals surface area contributed by atoms with Gasteiger partial charge in [-0.05, 0) is 95.1 Å². The minimum Gasteiger partial charge on any atom is -0.493 e. The smallest absolute Gasteiger partial charge is 0.343 e. The minimum absolute atomic E-state index is 0.0363. The summed E-state index contributed by atoms with van der Waals surface area (Å²) >= 11 is 0. The van der Waals surface area contributed by atoms with E-state index in [-0.39, 0.29) is 19.1 Å². The first-order valence-corrected chi connectivity index (χ1v) is 16.0. The van der Waals surface area contributed by atoms with Crippen molar-refractivity contribution >= 4 is 23.9 Å². The summed E-state index contributed by atoms with van der Waals surface area (Å²) in [6.07, 6.45) is 3.25. The van der Waals surface area contributed by atoms with Gasteiger partial charge in [-0.25, -0.2) is 19.2 Å². The van der Waals surface area contributed by atoms with Crippen molar-refractivity contribution in [3.63, 3.8) is 0 Å². The molecule has 1 aliphatic rings. The Kier molecular flexibility index (Phi) is 11.8. The van der Waals surface area contributed by atoms with Crippen molar-refractivity contribution in [2.75, 3.05) is 26.4 Å². The predicted molar refractivity (Wildman–Crippen MR) is 185 cm³/mol. The molecule has 4 aromatic rings. The highest BCUT2D eigenvalue weighted by Crippen LogP contribution is 2.47. The van der Waals surface area contributed by atoms with Gasteiger partial charge in [0.1, 0.15) is 23.0 Å². The summed E-state index contributed by atoms with van der Waals surface area (Å²) in [5, 5.41) is 0. The van der Waals surface area contributed by atoms with E-state index in [0.717, 1.165) is 34.4 Å². The van der Waals surface area contributed by atoms with Gasteiger partial charge in [0.15, 0.2) is 0 Å². The molecule has 0 aliphatic heterocycles. The fourth-order valence-corrected chi connectivity index (χ4v) is 5.25. The van der Waals surface area contributed by atoms with E-state index in [1.54, 1.807) is 60.7 Å². The normalized spacial score (nSPS) is 11.4. The quantitative estimate of drug-likeness (QED) is 0.0519. The molecule has 0 aromatic heterocycles. The van der Waals surface area contributed by atoms with Gasteiger partial charge in [-0.15, -0.1) is 0 Å². The molecule has 0 spiro atoms. The van der Waals surface area contributed by atoms with Crippen LogP contribution < -0.4 is 18.9 Å². The van der Waals surface area contributed by atoms with Crippen LogP contribution in [0, 0.1) is 0 Å². The summed E-state index contributed by atoms with van der Waals surface area (Å²) in [5.41, 5.74) is 4.75. The summed E-state index contributed by atoms with van der Waals surface area (Å²) in [6, 6.07) is 24.3. The zero-order chi connectivity index (χ0) is 35.5. The molecule has 0 fully saturated rings. The molecule has 0 atom stereocenters. The Morgan fingerprint density at radius 1 is 0.560 bits per heavy atom. The SMILES string of the molecule is C=CC(=O)OCCCOc1ccc(C(=O)Oc2ccc3c(c2)C(C)c2cc(OC(=O)c4ccc(OCCCOC(=O)C=C)cc4)ccc2-3)cc1. The zero-order valence-corrected chi connectivity index (χ0v) is 27.6. The van der Waals surface area contributed by atoms with Crippen molar-refractivity contribution in [3.05, 3.63) is 132 Å². The van der Waals surface area contributed by atoms with Crippen LogP contribution in [-0.2, 0) is 19.1 Å². The van der Waals surface area contributed by atoms with Crippen LogP contribution in [0.5, 0.6) is 23.0 Å². The number of carbonyl (C=O) groups is 4. The minimum atomic E-state index is -0.503. The highest BCUT2D eigenvalue weighted by molar-refractivity contribution is 5.92. The predicted octanol–water partition coefficient (Wildman–Crippen LogP) is 7.25. The molecule has 50 heavy (non-hydrogen) atoms. The molecule has 0 N–H and O–H groups in total. The van der Waals surface area contributed by atoms with Crippen LogP contribution in [0.3, 0.4) is 0 Å². The summed E-state index contributed by atoms with van der Waals surface area (Å²) < 4.78 is 32.5. The molecule has 0 bridgehead atoms. The van der Waals surface area contributed by atoms with Gasteiger partial charge >= 0.3 is 23.9 Å². The summed E-state index contributed by atoms with van der Waals surface area (Å²) in [5.74, 6) is -0.0148. The Hall–Kier alpha value is -6.16. The molecule has 1 aliphatic carbocycles. The van der Waals surface area contributed by atoms with Crippen LogP contribution in [0.1, 0.15) is 57.5 Å². The van der Waals surface area contributed by atoms with Crippen LogP contribution in [0.4, 0.5) is 0 Å². The first-order valence-electron chi connectivity index (χ1n) is 16.0. The Morgan fingerprint density at radius 3 is 1.32 bits per heavy atom. The van der Waals surface area contributed by atoms with Crippen molar-refractivity contribution in [2.24, 2.45) is 0 Å². The van der Waals surface area contributed by atoms with Gasteiger partial charge in [-0.3, -0.25) is 0 Å².